The van der Waals surface area contributed by atoms with Gasteiger partial charge in [0.1, 0.15) is 0 Å². The molecule has 0 heterocycles. The quantitative estimate of drug-likeness (QED) is 0.151. The molecule has 4 aromatic rings. The molecule has 0 fully saturated rings. The van der Waals surface area contributed by atoms with Gasteiger partial charge in [-0.25, -0.2) is 0 Å². The van der Waals surface area contributed by atoms with E-state index in [0.717, 1.165) is 0 Å². The molecule has 0 N–H and O–H groups in total. The Hall–Kier alpha value is -2.54. The molecule has 0 aliphatic heterocycles. The van der Waals surface area contributed by atoms with E-state index in [1.165, 1.54) is 55.6 Å². The molecule has 48 heavy (non-hydrogen) atoms. The van der Waals surface area contributed by atoms with Crippen LogP contribution in [-0.2, 0) is 20.9 Å². The van der Waals surface area contributed by atoms with Crippen molar-refractivity contribution in [2.75, 3.05) is 0 Å². The average Bonchev–Trinajstić information content (AvgIpc) is 3.55. The fourth-order valence-corrected chi connectivity index (χ4v) is 31.5. The second-order valence-corrected chi connectivity index (χ2v) is 36.4. The third kappa shape index (κ3) is 6.54. The molecule has 6 rings (SSSR count). The molecule has 2 aliphatic carbocycles. The molecule has 2 heteroatoms. The van der Waals surface area contributed by atoms with E-state index in [1.54, 1.807) is 22.3 Å². The Bertz CT molecular complexity index is 1710. The fourth-order valence-electron chi connectivity index (χ4n) is 8.32. The Morgan fingerprint density at radius 3 is 1.12 bits per heavy atom. The van der Waals surface area contributed by atoms with Gasteiger partial charge in [-0.1, -0.05) is 0 Å². The van der Waals surface area contributed by atoms with Gasteiger partial charge in [0.05, 0.1) is 0 Å². The zero-order valence-corrected chi connectivity index (χ0v) is 35.2. The number of fused-ring (bicyclic) bond motifs is 2. The van der Waals surface area contributed by atoms with E-state index in [9.17, 15) is 0 Å². The predicted octanol–water partition coefficient (Wildman–Crippen LogP) is 13.7. The molecule has 0 bridgehead atoms. The maximum atomic E-state index is 2.68. The number of benzene rings is 4. The molecule has 0 amide bonds. The van der Waals surface area contributed by atoms with Crippen LogP contribution in [-0.4, -0.2) is 5.92 Å². The summed E-state index contributed by atoms with van der Waals surface area (Å²) in [6.45, 7) is 28.9. The number of hydrogen-bond donors (Lipinski definition) is 0. The summed E-state index contributed by atoms with van der Waals surface area (Å²) in [5.74, 6) is 1.13. The molecule has 0 nitrogen and oxygen atoms in total. The molecule has 0 saturated heterocycles. The van der Waals surface area contributed by atoms with Gasteiger partial charge in [-0.3, -0.25) is 0 Å². The van der Waals surface area contributed by atoms with E-state index in [4.69, 9.17) is 0 Å². The molecule has 0 aromatic heterocycles. The Kier molecular flexibility index (Phi) is 10.3. The van der Waals surface area contributed by atoms with Gasteiger partial charge in [0.25, 0.3) is 0 Å². The van der Waals surface area contributed by atoms with Gasteiger partial charge < -0.3 is 0 Å². The number of hydrogen-bond acceptors (Lipinski definition) is 0. The van der Waals surface area contributed by atoms with E-state index >= 15 is 0 Å². The van der Waals surface area contributed by atoms with Gasteiger partial charge in [0.15, 0.2) is 0 Å². The van der Waals surface area contributed by atoms with E-state index in [0.29, 0.717) is 30.9 Å². The Morgan fingerprint density at radius 1 is 0.500 bits per heavy atom. The summed E-state index contributed by atoms with van der Waals surface area (Å²) >= 11 is -2.14. The van der Waals surface area contributed by atoms with Crippen molar-refractivity contribution >= 4 is 18.1 Å². The van der Waals surface area contributed by atoms with Crippen LogP contribution in [0.2, 0.25) is 13.1 Å². The zero-order valence-electron chi connectivity index (χ0n) is 31.6. The van der Waals surface area contributed by atoms with Crippen LogP contribution in [0.5, 0.6) is 0 Å². The first-order valence-corrected chi connectivity index (χ1v) is 28.5. The van der Waals surface area contributed by atoms with Crippen LogP contribution in [0.15, 0.2) is 83.9 Å². The van der Waals surface area contributed by atoms with E-state index in [-0.39, 0.29) is 0 Å². The fraction of sp³-hybridized carbons (Fsp3) is 0.391. The molecule has 0 saturated carbocycles. The van der Waals surface area contributed by atoms with Crippen LogP contribution in [0.1, 0.15) is 145 Å². The van der Waals surface area contributed by atoms with Crippen LogP contribution in [0.4, 0.5) is 0 Å². The van der Waals surface area contributed by atoms with Gasteiger partial charge in [-0.05, 0) is 0 Å². The number of allylic oxidation sites excluding steroid dienone is 2. The molecule has 0 radical (unpaired) electrons. The van der Waals surface area contributed by atoms with Crippen LogP contribution >= 0.6 is 0 Å². The van der Waals surface area contributed by atoms with Crippen molar-refractivity contribution in [3.63, 3.8) is 0 Å². The molecule has 2 unspecified atom stereocenters. The van der Waals surface area contributed by atoms with E-state index in [1.807, 2.05) is 0 Å². The van der Waals surface area contributed by atoms with Crippen molar-refractivity contribution in [1.29, 1.82) is 0 Å². The summed E-state index contributed by atoms with van der Waals surface area (Å²) in [7, 11) is 0. The molecular formula is C46H57SiZr. The summed E-state index contributed by atoms with van der Waals surface area (Å²) in [5.41, 5.74) is 21.0. The molecule has 249 valence electrons. The first-order chi connectivity index (χ1) is 22.8. The zero-order chi connectivity index (χ0) is 34.6. The summed E-state index contributed by atoms with van der Waals surface area (Å²) in [5, 5.41) is 0. The van der Waals surface area contributed by atoms with Gasteiger partial charge in [0.2, 0.25) is 0 Å². The Morgan fingerprint density at radius 2 is 0.833 bits per heavy atom. The van der Waals surface area contributed by atoms with E-state index < -0.39 is 26.8 Å². The van der Waals surface area contributed by atoms with Crippen molar-refractivity contribution < 1.29 is 20.9 Å². The molecule has 4 aromatic carbocycles. The summed E-state index contributed by atoms with van der Waals surface area (Å²) < 4.78 is 1.29. The van der Waals surface area contributed by atoms with Crippen molar-refractivity contribution in [1.82, 2.24) is 0 Å². The Labute approximate surface area is 301 Å². The van der Waals surface area contributed by atoms with Crippen LogP contribution in [0, 0.1) is 0 Å². The summed E-state index contributed by atoms with van der Waals surface area (Å²) in [6, 6.07) is 29.3. The molecule has 0 spiro atoms. The second-order valence-electron chi connectivity index (χ2n) is 16.3. The molecule has 2 atom stereocenters. The van der Waals surface area contributed by atoms with Gasteiger partial charge >= 0.3 is 303 Å². The van der Waals surface area contributed by atoms with Crippen LogP contribution < -0.4 is 0 Å². The monoisotopic (exact) mass is 727 g/mol. The van der Waals surface area contributed by atoms with Crippen LogP contribution in [0.3, 0.4) is 0 Å². The first kappa shape index (κ1) is 35.3. The third-order valence-electron chi connectivity index (χ3n) is 11.1. The van der Waals surface area contributed by atoms with Crippen molar-refractivity contribution in [3.8, 4) is 22.3 Å². The summed E-state index contributed by atoms with van der Waals surface area (Å²) in [6.07, 6.45) is 5.19. The second kappa shape index (κ2) is 14.0. The van der Waals surface area contributed by atoms with E-state index in [2.05, 4.69) is 167 Å². The summed E-state index contributed by atoms with van der Waals surface area (Å²) in [4.78, 5) is 0. The molecule has 2 aliphatic rings. The average molecular weight is 729 g/mol. The SMILES string of the molecule is CC1=Cc2c(-c3cc(C(C)C)cc(C(C)C)c3)cccc2[CH]1[Zr]([CH]1C(C)=Cc2c(-c3cc(C(C)C)cc(C(C)C)c3)cccc21)[SiH](C)C. The van der Waals surface area contributed by atoms with Crippen LogP contribution in [0.25, 0.3) is 34.4 Å². The normalized spacial score (nSPS) is 17.1. The Balaban J connectivity index is 1.46. The topological polar surface area (TPSA) is 0 Å². The van der Waals surface area contributed by atoms with Gasteiger partial charge in [-0.15, -0.1) is 0 Å². The minimum absolute atomic E-state index is 0.517. The minimum atomic E-state index is -2.14. The predicted molar refractivity (Wildman–Crippen MR) is 212 cm³/mol. The van der Waals surface area contributed by atoms with Crippen molar-refractivity contribution in [3.05, 3.63) is 128 Å². The van der Waals surface area contributed by atoms with Gasteiger partial charge in [0, 0.05) is 0 Å². The van der Waals surface area contributed by atoms with Crippen molar-refractivity contribution in [2.45, 2.75) is 113 Å². The number of rotatable bonds is 9. The van der Waals surface area contributed by atoms with Crippen molar-refractivity contribution in [2.24, 2.45) is 0 Å². The molecular weight excluding hydrogens is 672 g/mol. The first-order valence-electron chi connectivity index (χ1n) is 18.6. The standard InChI is InChI=1S/2C22H25.C2H7Si.Zr/c2*1-14(2)18-11-19(15(3)4)13-20(12-18)21-8-6-7-17-9-16(5)10-22(17)21;1-3-2;/h2*6-15H,1-5H3;3H,1-2H3;. The third-order valence-corrected chi connectivity index (χ3v) is 33.3. The maximum absolute atomic E-state index is 2.68. The van der Waals surface area contributed by atoms with Gasteiger partial charge in [-0.2, -0.15) is 0 Å².